The van der Waals surface area contributed by atoms with Crippen molar-refractivity contribution in [3.05, 3.63) is 30.1 Å². The van der Waals surface area contributed by atoms with Crippen LogP contribution >= 0.6 is 0 Å². The molecule has 1 heterocycles. The summed E-state index contributed by atoms with van der Waals surface area (Å²) >= 11 is 0. The standard InChI is InChI=1S/C13H17N3O2/c1-9-15-10-5-3-4-6-12(10)16(9)8-7-11(14-2)13(17)18/h3-6,11,14H,7-8H2,1-2H3,(H,17,18). The number of rotatable bonds is 5. The summed E-state index contributed by atoms with van der Waals surface area (Å²) in [5.74, 6) is 0.0935. The molecule has 0 aliphatic carbocycles. The number of benzene rings is 1. The van der Waals surface area contributed by atoms with E-state index in [9.17, 15) is 4.79 Å². The fourth-order valence-corrected chi connectivity index (χ4v) is 2.13. The zero-order valence-corrected chi connectivity index (χ0v) is 10.6. The highest BCUT2D eigenvalue weighted by atomic mass is 16.4. The number of likely N-dealkylation sites (N-methyl/N-ethyl adjacent to an activating group) is 1. The van der Waals surface area contributed by atoms with Gasteiger partial charge in [0.1, 0.15) is 11.9 Å². The molecule has 2 aromatic rings. The number of aliphatic carboxylic acids is 1. The van der Waals surface area contributed by atoms with Crippen molar-refractivity contribution in [2.45, 2.75) is 25.9 Å². The number of para-hydroxylation sites is 2. The third-order valence-corrected chi connectivity index (χ3v) is 3.13. The van der Waals surface area contributed by atoms with Crippen LogP contribution < -0.4 is 5.32 Å². The van der Waals surface area contributed by atoms with Crippen LogP contribution in [0.15, 0.2) is 24.3 Å². The highest BCUT2D eigenvalue weighted by molar-refractivity contribution is 5.76. The quantitative estimate of drug-likeness (QED) is 0.838. The number of hydrogen-bond acceptors (Lipinski definition) is 3. The van der Waals surface area contributed by atoms with Crippen molar-refractivity contribution in [3.63, 3.8) is 0 Å². The molecule has 96 valence electrons. The maximum atomic E-state index is 11.0. The number of imidazole rings is 1. The smallest absolute Gasteiger partial charge is 0.320 e. The lowest BCUT2D eigenvalue weighted by Gasteiger charge is -2.12. The third-order valence-electron chi connectivity index (χ3n) is 3.13. The Kier molecular flexibility index (Phi) is 3.62. The van der Waals surface area contributed by atoms with Gasteiger partial charge in [-0.1, -0.05) is 12.1 Å². The normalized spacial score (nSPS) is 12.8. The molecule has 2 N–H and O–H groups in total. The minimum atomic E-state index is -0.820. The number of carbonyl (C=O) groups is 1. The average Bonchev–Trinajstić information content (AvgIpc) is 2.66. The first-order valence-electron chi connectivity index (χ1n) is 5.95. The van der Waals surface area contributed by atoms with Crippen LogP contribution in [-0.4, -0.2) is 33.7 Å². The number of fused-ring (bicyclic) bond motifs is 1. The largest absolute Gasteiger partial charge is 0.480 e. The van der Waals surface area contributed by atoms with E-state index in [1.54, 1.807) is 7.05 Å². The lowest BCUT2D eigenvalue weighted by Crippen LogP contribution is -2.34. The lowest BCUT2D eigenvalue weighted by molar-refractivity contribution is -0.139. The van der Waals surface area contributed by atoms with Gasteiger partial charge in [0.15, 0.2) is 0 Å². The molecular formula is C13H17N3O2. The van der Waals surface area contributed by atoms with Gasteiger partial charge in [-0.05, 0) is 32.5 Å². The molecule has 1 aromatic heterocycles. The van der Waals surface area contributed by atoms with Gasteiger partial charge in [-0.2, -0.15) is 0 Å². The Morgan fingerprint density at radius 1 is 1.50 bits per heavy atom. The van der Waals surface area contributed by atoms with Gasteiger partial charge in [-0.25, -0.2) is 4.98 Å². The predicted octanol–water partition coefficient (Wildman–Crippen LogP) is 1.41. The Balaban J connectivity index is 2.21. The molecule has 0 fully saturated rings. The molecule has 1 aromatic carbocycles. The second-order valence-electron chi connectivity index (χ2n) is 4.27. The van der Waals surface area contributed by atoms with E-state index in [1.165, 1.54) is 0 Å². The van der Waals surface area contributed by atoms with E-state index in [1.807, 2.05) is 31.2 Å². The zero-order chi connectivity index (χ0) is 13.1. The average molecular weight is 247 g/mol. The van der Waals surface area contributed by atoms with Gasteiger partial charge < -0.3 is 15.0 Å². The highest BCUT2D eigenvalue weighted by Gasteiger charge is 2.15. The molecule has 2 rings (SSSR count). The maximum Gasteiger partial charge on any atom is 0.320 e. The topological polar surface area (TPSA) is 67.2 Å². The number of nitrogens with zero attached hydrogens (tertiary/aromatic N) is 2. The molecule has 5 nitrogen and oxygen atoms in total. The number of nitrogens with one attached hydrogen (secondary N) is 1. The van der Waals surface area contributed by atoms with Crippen LogP contribution in [0.2, 0.25) is 0 Å². The van der Waals surface area contributed by atoms with Crippen LogP contribution in [0, 0.1) is 6.92 Å². The number of aryl methyl sites for hydroxylation is 2. The minimum Gasteiger partial charge on any atom is -0.480 e. The molecule has 0 spiro atoms. The SMILES string of the molecule is CNC(CCn1c(C)nc2ccccc21)C(=O)O. The Morgan fingerprint density at radius 2 is 2.22 bits per heavy atom. The van der Waals surface area contributed by atoms with Crippen molar-refractivity contribution in [1.29, 1.82) is 0 Å². The van der Waals surface area contributed by atoms with Gasteiger partial charge in [0.05, 0.1) is 11.0 Å². The second-order valence-corrected chi connectivity index (χ2v) is 4.27. The van der Waals surface area contributed by atoms with E-state index in [0.29, 0.717) is 13.0 Å². The van der Waals surface area contributed by atoms with E-state index in [2.05, 4.69) is 14.9 Å². The van der Waals surface area contributed by atoms with E-state index >= 15 is 0 Å². The third kappa shape index (κ3) is 2.36. The van der Waals surface area contributed by atoms with Crippen LogP contribution in [0.3, 0.4) is 0 Å². The van der Waals surface area contributed by atoms with E-state index in [-0.39, 0.29) is 0 Å². The van der Waals surface area contributed by atoms with E-state index in [4.69, 9.17) is 5.11 Å². The number of carboxylic acid groups (broad SMARTS) is 1. The molecule has 0 amide bonds. The molecule has 0 saturated heterocycles. The molecule has 0 aliphatic rings. The Hall–Kier alpha value is -1.88. The van der Waals surface area contributed by atoms with Gasteiger partial charge >= 0.3 is 5.97 Å². The summed E-state index contributed by atoms with van der Waals surface area (Å²) in [7, 11) is 1.66. The van der Waals surface area contributed by atoms with Crippen LogP contribution in [0.5, 0.6) is 0 Å². The van der Waals surface area contributed by atoms with Gasteiger partial charge in [0, 0.05) is 6.54 Å². The van der Waals surface area contributed by atoms with E-state index < -0.39 is 12.0 Å². The summed E-state index contributed by atoms with van der Waals surface area (Å²) in [5, 5.41) is 11.8. The molecule has 1 unspecified atom stereocenters. The second kappa shape index (κ2) is 5.18. The van der Waals surface area contributed by atoms with Crippen molar-refractivity contribution < 1.29 is 9.90 Å². The van der Waals surface area contributed by atoms with Crippen molar-refractivity contribution in [2.75, 3.05) is 7.05 Å². The van der Waals surface area contributed by atoms with E-state index in [0.717, 1.165) is 16.9 Å². The summed E-state index contributed by atoms with van der Waals surface area (Å²) in [4.78, 5) is 15.4. The maximum absolute atomic E-state index is 11.0. The lowest BCUT2D eigenvalue weighted by atomic mass is 10.2. The van der Waals surface area contributed by atoms with Crippen molar-refractivity contribution in [3.8, 4) is 0 Å². The summed E-state index contributed by atoms with van der Waals surface area (Å²) in [5.41, 5.74) is 2.00. The molecule has 0 aliphatic heterocycles. The summed E-state index contributed by atoms with van der Waals surface area (Å²) in [6.07, 6.45) is 0.535. The molecule has 0 bridgehead atoms. The monoisotopic (exact) mass is 247 g/mol. The van der Waals surface area contributed by atoms with Crippen molar-refractivity contribution in [1.82, 2.24) is 14.9 Å². The van der Waals surface area contributed by atoms with Crippen molar-refractivity contribution >= 4 is 17.0 Å². The van der Waals surface area contributed by atoms with Crippen LogP contribution in [-0.2, 0) is 11.3 Å². The highest BCUT2D eigenvalue weighted by Crippen LogP contribution is 2.16. The zero-order valence-electron chi connectivity index (χ0n) is 10.6. The first-order chi connectivity index (χ1) is 8.63. The van der Waals surface area contributed by atoms with Gasteiger partial charge in [0.2, 0.25) is 0 Å². The molecular weight excluding hydrogens is 230 g/mol. The van der Waals surface area contributed by atoms with Gasteiger partial charge in [-0.15, -0.1) is 0 Å². The number of carboxylic acids is 1. The van der Waals surface area contributed by atoms with Gasteiger partial charge in [0.25, 0.3) is 0 Å². The molecule has 0 saturated carbocycles. The Morgan fingerprint density at radius 3 is 2.89 bits per heavy atom. The summed E-state index contributed by atoms with van der Waals surface area (Å²) in [6.45, 7) is 2.58. The molecule has 18 heavy (non-hydrogen) atoms. The predicted molar refractivity (Wildman–Crippen MR) is 69.6 cm³/mol. The van der Waals surface area contributed by atoms with Gasteiger partial charge in [-0.3, -0.25) is 4.79 Å². The Bertz CT molecular complexity index is 562. The fourth-order valence-electron chi connectivity index (χ4n) is 2.13. The Labute approximate surface area is 105 Å². The number of hydrogen-bond donors (Lipinski definition) is 2. The molecule has 1 atom stereocenters. The first-order valence-corrected chi connectivity index (χ1v) is 5.95. The van der Waals surface area contributed by atoms with Crippen LogP contribution in [0.4, 0.5) is 0 Å². The van der Waals surface area contributed by atoms with Crippen LogP contribution in [0.25, 0.3) is 11.0 Å². The van der Waals surface area contributed by atoms with Crippen molar-refractivity contribution in [2.24, 2.45) is 0 Å². The minimum absolute atomic E-state index is 0.523. The summed E-state index contributed by atoms with van der Waals surface area (Å²) < 4.78 is 2.06. The number of aromatic nitrogens is 2. The van der Waals surface area contributed by atoms with Crippen LogP contribution in [0.1, 0.15) is 12.2 Å². The molecule has 0 radical (unpaired) electrons. The fraction of sp³-hybridized carbons (Fsp3) is 0.385. The molecule has 5 heteroatoms. The first kappa shape index (κ1) is 12.6. The summed E-state index contributed by atoms with van der Waals surface area (Å²) in [6, 6.07) is 7.36.